The molecule has 1 atom stereocenters. The Bertz CT molecular complexity index is 1180. The predicted octanol–water partition coefficient (Wildman–Crippen LogP) is 2.97. The summed E-state index contributed by atoms with van der Waals surface area (Å²) in [5.41, 5.74) is 5.71. The summed E-state index contributed by atoms with van der Waals surface area (Å²) in [6.45, 7) is 4.42. The maximum absolute atomic E-state index is 12.7. The number of hydrogen-bond acceptors (Lipinski definition) is 6. The first kappa shape index (κ1) is 19.5. The highest BCUT2D eigenvalue weighted by Crippen LogP contribution is 2.53. The number of carbonyl (C=O) groups is 1. The van der Waals surface area contributed by atoms with E-state index in [1.807, 2.05) is 11.6 Å². The van der Waals surface area contributed by atoms with Crippen LogP contribution in [0.3, 0.4) is 0 Å². The number of hydrogen-bond donors (Lipinski definition) is 1. The minimum atomic E-state index is -0.247. The smallest absolute Gasteiger partial charge is 0.290 e. The molecule has 0 bridgehead atoms. The first-order valence-corrected chi connectivity index (χ1v) is 11.5. The summed E-state index contributed by atoms with van der Waals surface area (Å²) in [7, 11) is 1.98. The molecule has 1 saturated carbocycles. The van der Waals surface area contributed by atoms with Crippen molar-refractivity contribution in [2.75, 3.05) is 18.0 Å². The van der Waals surface area contributed by atoms with Crippen LogP contribution >= 0.6 is 0 Å². The summed E-state index contributed by atoms with van der Waals surface area (Å²) in [6.07, 6.45) is 7.77. The van der Waals surface area contributed by atoms with Crippen LogP contribution in [0.1, 0.15) is 71.1 Å². The summed E-state index contributed by atoms with van der Waals surface area (Å²) in [4.78, 5) is 24.5. The molecule has 166 valence electrons. The average Bonchev–Trinajstić information content (AvgIpc) is 3.08. The number of nitrogens with zero attached hydrogens (tertiary/aromatic N) is 5. The van der Waals surface area contributed by atoms with E-state index in [9.17, 15) is 4.79 Å². The summed E-state index contributed by atoms with van der Waals surface area (Å²) in [5, 5.41) is 7.19. The van der Waals surface area contributed by atoms with E-state index in [0.29, 0.717) is 11.8 Å². The van der Waals surface area contributed by atoms with E-state index in [1.165, 1.54) is 18.5 Å². The molecule has 4 heterocycles. The molecular formula is C24H28N6O2. The number of pyridine rings is 1. The number of nitrogens with one attached hydrogen (secondary N) is 1. The van der Waals surface area contributed by atoms with Gasteiger partial charge >= 0.3 is 0 Å². The molecule has 3 aromatic rings. The molecule has 0 radical (unpaired) electrons. The molecule has 32 heavy (non-hydrogen) atoms. The Kier molecular flexibility index (Phi) is 4.38. The van der Waals surface area contributed by atoms with E-state index in [0.717, 1.165) is 60.8 Å². The van der Waals surface area contributed by atoms with E-state index >= 15 is 0 Å². The second kappa shape index (κ2) is 7.18. The van der Waals surface area contributed by atoms with E-state index in [-0.39, 0.29) is 17.7 Å². The molecule has 8 nitrogen and oxygen atoms in total. The molecule has 0 aromatic carbocycles. The van der Waals surface area contributed by atoms with Gasteiger partial charge in [-0.2, -0.15) is 0 Å². The third-order valence-electron chi connectivity index (χ3n) is 7.27. The van der Waals surface area contributed by atoms with Crippen LogP contribution in [0.25, 0.3) is 0 Å². The van der Waals surface area contributed by atoms with Gasteiger partial charge in [-0.3, -0.25) is 4.79 Å². The summed E-state index contributed by atoms with van der Waals surface area (Å²) < 4.78 is 7.40. The lowest BCUT2D eigenvalue weighted by Gasteiger charge is -2.41. The number of imidazole rings is 1. The van der Waals surface area contributed by atoms with Crippen LogP contribution in [-0.2, 0) is 26.3 Å². The SMILES string of the molecule is CCc1nc(N2CC3(CC3)C2)ccc1Cc1cc(C(=O)N[C@@H]2CCc3c2ncn3C)on1. The van der Waals surface area contributed by atoms with Gasteiger partial charge < -0.3 is 19.3 Å². The molecule has 1 N–H and O–H groups in total. The average molecular weight is 433 g/mol. The van der Waals surface area contributed by atoms with Crippen LogP contribution in [0.4, 0.5) is 5.82 Å². The van der Waals surface area contributed by atoms with Crippen molar-refractivity contribution >= 4 is 11.7 Å². The van der Waals surface area contributed by atoms with Gasteiger partial charge in [-0.1, -0.05) is 18.1 Å². The highest BCUT2D eigenvalue weighted by molar-refractivity contribution is 5.91. The summed E-state index contributed by atoms with van der Waals surface area (Å²) in [5.74, 6) is 1.07. The zero-order valence-electron chi connectivity index (χ0n) is 18.6. The summed E-state index contributed by atoms with van der Waals surface area (Å²) in [6, 6.07) is 5.92. The molecule has 3 aliphatic rings. The molecule has 8 heteroatoms. The number of carbonyl (C=O) groups excluding carboxylic acids is 1. The van der Waals surface area contributed by atoms with E-state index in [4.69, 9.17) is 9.51 Å². The van der Waals surface area contributed by atoms with Crippen LogP contribution in [0, 0.1) is 5.41 Å². The third kappa shape index (κ3) is 3.29. The van der Waals surface area contributed by atoms with Crippen molar-refractivity contribution in [3.8, 4) is 0 Å². The van der Waals surface area contributed by atoms with Gasteiger partial charge in [0.1, 0.15) is 5.82 Å². The van der Waals surface area contributed by atoms with Crippen LogP contribution in [0.5, 0.6) is 0 Å². The lowest BCUT2D eigenvalue weighted by Crippen LogP contribution is -2.48. The summed E-state index contributed by atoms with van der Waals surface area (Å²) >= 11 is 0. The molecule has 1 aliphatic heterocycles. The van der Waals surface area contributed by atoms with Crippen molar-refractivity contribution in [3.05, 3.63) is 58.6 Å². The van der Waals surface area contributed by atoms with E-state index < -0.39 is 0 Å². The second-order valence-electron chi connectivity index (χ2n) is 9.60. The highest BCUT2D eigenvalue weighted by Gasteiger charge is 2.52. The van der Waals surface area contributed by atoms with Crippen molar-refractivity contribution in [3.63, 3.8) is 0 Å². The van der Waals surface area contributed by atoms with Crippen molar-refractivity contribution in [1.82, 2.24) is 25.0 Å². The lowest BCUT2D eigenvalue weighted by atomic mass is 9.96. The first-order valence-electron chi connectivity index (χ1n) is 11.5. The van der Waals surface area contributed by atoms with Gasteiger partial charge in [-0.15, -0.1) is 0 Å². The van der Waals surface area contributed by atoms with Crippen molar-refractivity contribution in [2.45, 2.75) is 51.5 Å². The van der Waals surface area contributed by atoms with Crippen molar-refractivity contribution in [1.29, 1.82) is 0 Å². The van der Waals surface area contributed by atoms with Crippen LogP contribution in [0.15, 0.2) is 29.0 Å². The van der Waals surface area contributed by atoms with Crippen LogP contribution < -0.4 is 10.2 Å². The first-order chi connectivity index (χ1) is 15.5. The minimum absolute atomic E-state index is 0.0769. The Morgan fingerprint density at radius 1 is 1.31 bits per heavy atom. The van der Waals surface area contributed by atoms with Gasteiger partial charge in [0, 0.05) is 49.4 Å². The number of rotatable bonds is 6. The lowest BCUT2D eigenvalue weighted by molar-refractivity contribution is 0.0898. The largest absolute Gasteiger partial charge is 0.355 e. The Hall–Kier alpha value is -3.16. The van der Waals surface area contributed by atoms with E-state index in [2.05, 4.69) is 39.4 Å². The molecule has 1 spiro atoms. The Morgan fingerprint density at radius 2 is 2.16 bits per heavy atom. The van der Waals surface area contributed by atoms with Gasteiger partial charge in [0.15, 0.2) is 0 Å². The Morgan fingerprint density at radius 3 is 2.94 bits per heavy atom. The van der Waals surface area contributed by atoms with Crippen molar-refractivity contribution < 1.29 is 9.32 Å². The minimum Gasteiger partial charge on any atom is -0.355 e. The van der Waals surface area contributed by atoms with Gasteiger partial charge in [0.2, 0.25) is 5.76 Å². The second-order valence-corrected chi connectivity index (χ2v) is 9.60. The number of amides is 1. The van der Waals surface area contributed by atoms with E-state index in [1.54, 1.807) is 12.4 Å². The molecule has 6 rings (SSSR count). The molecule has 0 unspecified atom stereocenters. The molecule has 2 aliphatic carbocycles. The fourth-order valence-corrected chi connectivity index (χ4v) is 5.13. The van der Waals surface area contributed by atoms with Gasteiger partial charge in [-0.05, 0) is 43.7 Å². The van der Waals surface area contributed by atoms with Gasteiger partial charge in [-0.25, -0.2) is 9.97 Å². The maximum atomic E-state index is 12.7. The molecular weight excluding hydrogens is 404 g/mol. The fourth-order valence-electron chi connectivity index (χ4n) is 5.13. The predicted molar refractivity (Wildman–Crippen MR) is 119 cm³/mol. The molecule has 1 saturated heterocycles. The Balaban J connectivity index is 1.13. The number of anilines is 1. The zero-order valence-corrected chi connectivity index (χ0v) is 18.6. The van der Waals surface area contributed by atoms with Crippen LogP contribution in [-0.4, -0.2) is 38.7 Å². The monoisotopic (exact) mass is 432 g/mol. The highest BCUT2D eigenvalue weighted by atomic mass is 16.5. The third-order valence-corrected chi connectivity index (χ3v) is 7.27. The number of aryl methyl sites for hydroxylation is 2. The normalized spacial score (nSPS) is 20.3. The van der Waals surface area contributed by atoms with Crippen LogP contribution in [0.2, 0.25) is 0 Å². The quantitative estimate of drug-likeness (QED) is 0.644. The molecule has 1 amide bonds. The van der Waals surface area contributed by atoms with Gasteiger partial charge in [0.25, 0.3) is 5.91 Å². The zero-order chi connectivity index (χ0) is 21.9. The molecule has 2 fully saturated rings. The van der Waals surface area contributed by atoms with Gasteiger partial charge in [0.05, 0.1) is 23.8 Å². The maximum Gasteiger partial charge on any atom is 0.290 e. The standard InChI is InChI=1S/C24H28N6O2/c1-3-17-15(4-7-21(26-17)30-12-24(13-30)8-9-24)10-16-11-20(32-28-16)23(31)27-18-5-6-19-22(18)25-14-29(19)2/h4,7,11,14,18H,3,5-6,8-10,12-13H2,1-2H3,(H,27,31)/t18-/m1/s1. The number of aromatic nitrogens is 4. The fraction of sp³-hybridized carbons (Fsp3) is 0.500. The van der Waals surface area contributed by atoms with Crippen molar-refractivity contribution in [2.24, 2.45) is 12.5 Å². The molecule has 3 aromatic heterocycles. The topological polar surface area (TPSA) is 89.1 Å². The Labute approximate surface area is 187 Å². The number of fused-ring (bicyclic) bond motifs is 1.